The molecule has 0 heterocycles. The molecule has 0 unspecified atom stereocenters. The van der Waals surface area contributed by atoms with Crippen LogP contribution in [0.15, 0.2) is 24.3 Å². The van der Waals surface area contributed by atoms with Gasteiger partial charge in [0.15, 0.2) is 0 Å². The third-order valence-electron chi connectivity index (χ3n) is 3.30. The summed E-state index contributed by atoms with van der Waals surface area (Å²) in [6.07, 6.45) is 0. The summed E-state index contributed by atoms with van der Waals surface area (Å²) in [5.74, 6) is -1.99. The molecule has 1 aromatic rings. The molecule has 7 nitrogen and oxygen atoms in total. The lowest BCUT2D eigenvalue weighted by Crippen LogP contribution is -2.47. The number of hydrogen-bond donors (Lipinski definition) is 4. The van der Waals surface area contributed by atoms with Gasteiger partial charge in [0.25, 0.3) is 5.91 Å². The predicted molar refractivity (Wildman–Crippen MR) is 94.8 cm³/mol. The Morgan fingerprint density at radius 2 is 1.68 bits per heavy atom. The van der Waals surface area contributed by atoms with E-state index in [0.717, 1.165) is 0 Å². The molecule has 0 aliphatic rings. The minimum Gasteiger partial charge on any atom is -0.353 e. The number of hydrogen-bond acceptors (Lipinski definition) is 4. The normalized spacial score (nSPS) is 11.2. The van der Waals surface area contributed by atoms with Crippen LogP contribution in [0.4, 0.5) is 4.39 Å². The quantitative estimate of drug-likeness (QED) is 0.486. The maximum absolute atomic E-state index is 13.4. The zero-order valence-electron chi connectivity index (χ0n) is 14.2. The number of carbonyl (C=O) groups is 3. The second-order valence-electron chi connectivity index (χ2n) is 5.57. The first-order valence-electron chi connectivity index (χ1n) is 7.65. The minimum absolute atomic E-state index is 0. The molecule has 0 aliphatic carbocycles. The van der Waals surface area contributed by atoms with Gasteiger partial charge in [0.05, 0.1) is 18.2 Å². The van der Waals surface area contributed by atoms with Gasteiger partial charge < -0.3 is 21.7 Å². The molecule has 0 aliphatic heterocycles. The number of benzene rings is 1. The molecule has 0 radical (unpaired) electrons. The maximum Gasteiger partial charge on any atom is 0.254 e. The Morgan fingerprint density at radius 3 is 2.28 bits per heavy atom. The van der Waals surface area contributed by atoms with E-state index in [1.54, 1.807) is 6.07 Å². The van der Waals surface area contributed by atoms with E-state index in [1.807, 2.05) is 13.8 Å². The van der Waals surface area contributed by atoms with Crippen LogP contribution in [0.1, 0.15) is 24.2 Å². The molecule has 3 amide bonds. The van der Waals surface area contributed by atoms with Crippen molar-refractivity contribution in [3.05, 3.63) is 35.6 Å². The number of rotatable bonds is 8. The van der Waals surface area contributed by atoms with Crippen LogP contribution in [-0.2, 0) is 9.59 Å². The lowest BCUT2D eigenvalue weighted by Gasteiger charge is -2.15. The molecular weight excluding hydrogens is 351 g/mol. The Labute approximate surface area is 152 Å². The fraction of sp³-hybridized carbons (Fsp3) is 0.438. The Balaban J connectivity index is 0.00000576. The van der Waals surface area contributed by atoms with Gasteiger partial charge in [0.2, 0.25) is 11.8 Å². The van der Waals surface area contributed by atoms with Crippen molar-refractivity contribution in [1.29, 1.82) is 0 Å². The van der Waals surface area contributed by atoms with Gasteiger partial charge >= 0.3 is 0 Å². The SMILES string of the molecule is CC(C)[C@H](N)C(=O)NCC(=O)NCCNC(=O)c1ccccc1F.Cl. The summed E-state index contributed by atoms with van der Waals surface area (Å²) in [7, 11) is 0. The predicted octanol–water partition coefficient (Wildman–Crippen LogP) is 0.193. The van der Waals surface area contributed by atoms with Gasteiger partial charge in [-0.15, -0.1) is 12.4 Å². The smallest absolute Gasteiger partial charge is 0.254 e. The molecule has 5 N–H and O–H groups in total. The van der Waals surface area contributed by atoms with Gasteiger partial charge in [-0.05, 0) is 18.1 Å². The zero-order chi connectivity index (χ0) is 18.1. The molecule has 0 saturated heterocycles. The van der Waals surface area contributed by atoms with Crippen LogP contribution < -0.4 is 21.7 Å². The van der Waals surface area contributed by atoms with Crippen LogP contribution in [-0.4, -0.2) is 43.4 Å². The molecule has 25 heavy (non-hydrogen) atoms. The first-order chi connectivity index (χ1) is 11.3. The van der Waals surface area contributed by atoms with E-state index in [-0.39, 0.29) is 43.5 Å². The average molecular weight is 375 g/mol. The largest absolute Gasteiger partial charge is 0.353 e. The average Bonchev–Trinajstić information content (AvgIpc) is 2.55. The summed E-state index contributed by atoms with van der Waals surface area (Å²) in [6.45, 7) is 3.72. The van der Waals surface area contributed by atoms with Crippen molar-refractivity contribution >= 4 is 30.1 Å². The first kappa shape index (κ1) is 22.8. The molecule has 9 heteroatoms. The molecule has 1 aromatic carbocycles. The number of amides is 3. The number of nitrogens with two attached hydrogens (primary N) is 1. The monoisotopic (exact) mass is 374 g/mol. The van der Waals surface area contributed by atoms with Crippen molar-refractivity contribution in [1.82, 2.24) is 16.0 Å². The zero-order valence-corrected chi connectivity index (χ0v) is 15.0. The van der Waals surface area contributed by atoms with Crippen LogP contribution in [0, 0.1) is 11.7 Å². The second kappa shape index (κ2) is 11.4. The van der Waals surface area contributed by atoms with E-state index >= 15 is 0 Å². The van der Waals surface area contributed by atoms with Crippen molar-refractivity contribution in [3.8, 4) is 0 Å². The molecule has 0 spiro atoms. The molecule has 1 rings (SSSR count). The van der Waals surface area contributed by atoms with Crippen molar-refractivity contribution in [2.24, 2.45) is 11.7 Å². The van der Waals surface area contributed by atoms with Gasteiger partial charge in [-0.3, -0.25) is 14.4 Å². The van der Waals surface area contributed by atoms with E-state index in [4.69, 9.17) is 5.73 Å². The molecule has 0 saturated carbocycles. The Kier molecular flexibility index (Phi) is 10.4. The van der Waals surface area contributed by atoms with Crippen LogP contribution in [0.5, 0.6) is 0 Å². The topological polar surface area (TPSA) is 113 Å². The molecule has 0 bridgehead atoms. The summed E-state index contributed by atoms with van der Waals surface area (Å²) >= 11 is 0. The van der Waals surface area contributed by atoms with Gasteiger partial charge in [-0.25, -0.2) is 4.39 Å². The van der Waals surface area contributed by atoms with Crippen molar-refractivity contribution in [3.63, 3.8) is 0 Å². The third-order valence-corrected chi connectivity index (χ3v) is 3.30. The summed E-state index contributed by atoms with van der Waals surface area (Å²) in [5.41, 5.74) is 5.59. The summed E-state index contributed by atoms with van der Waals surface area (Å²) in [4.78, 5) is 34.9. The third kappa shape index (κ3) is 7.95. The van der Waals surface area contributed by atoms with E-state index in [2.05, 4.69) is 16.0 Å². The van der Waals surface area contributed by atoms with Crippen LogP contribution in [0.2, 0.25) is 0 Å². The van der Waals surface area contributed by atoms with Gasteiger partial charge in [-0.2, -0.15) is 0 Å². The van der Waals surface area contributed by atoms with Crippen LogP contribution in [0.25, 0.3) is 0 Å². The first-order valence-corrected chi connectivity index (χ1v) is 7.65. The lowest BCUT2D eigenvalue weighted by atomic mass is 10.1. The summed E-state index contributed by atoms with van der Waals surface area (Å²) < 4.78 is 13.4. The fourth-order valence-corrected chi connectivity index (χ4v) is 1.77. The van der Waals surface area contributed by atoms with Crippen molar-refractivity contribution < 1.29 is 18.8 Å². The standard InChI is InChI=1S/C16H23FN4O3.ClH/c1-10(2)14(18)16(24)21-9-13(22)19-7-8-20-15(23)11-5-3-4-6-12(11)17;/h3-6,10,14H,7-9,18H2,1-2H3,(H,19,22)(H,20,23)(H,21,24);1H/t14-;/m0./s1. The highest BCUT2D eigenvalue weighted by Crippen LogP contribution is 2.05. The van der Waals surface area contributed by atoms with E-state index in [9.17, 15) is 18.8 Å². The van der Waals surface area contributed by atoms with Crippen molar-refractivity contribution in [2.45, 2.75) is 19.9 Å². The van der Waals surface area contributed by atoms with Gasteiger partial charge in [0, 0.05) is 13.1 Å². The van der Waals surface area contributed by atoms with Gasteiger partial charge in [0.1, 0.15) is 5.82 Å². The molecule has 0 aromatic heterocycles. The van der Waals surface area contributed by atoms with Gasteiger partial charge in [-0.1, -0.05) is 26.0 Å². The summed E-state index contributed by atoms with van der Waals surface area (Å²) in [6, 6.07) is 4.95. The number of carbonyl (C=O) groups excluding carboxylic acids is 3. The Morgan fingerprint density at radius 1 is 1.08 bits per heavy atom. The molecule has 1 atom stereocenters. The van der Waals surface area contributed by atoms with E-state index in [1.165, 1.54) is 18.2 Å². The van der Waals surface area contributed by atoms with Crippen LogP contribution in [0.3, 0.4) is 0 Å². The Hall–Kier alpha value is -2.19. The highest BCUT2D eigenvalue weighted by atomic mass is 35.5. The second-order valence-corrected chi connectivity index (χ2v) is 5.57. The molecule has 140 valence electrons. The fourth-order valence-electron chi connectivity index (χ4n) is 1.77. The summed E-state index contributed by atoms with van der Waals surface area (Å²) in [5, 5.41) is 7.45. The minimum atomic E-state index is -0.669. The van der Waals surface area contributed by atoms with Crippen LogP contribution >= 0.6 is 12.4 Å². The highest BCUT2D eigenvalue weighted by Gasteiger charge is 2.17. The lowest BCUT2D eigenvalue weighted by molar-refractivity contribution is -0.127. The van der Waals surface area contributed by atoms with E-state index < -0.39 is 29.6 Å². The molecular formula is C16H24ClFN4O3. The van der Waals surface area contributed by atoms with Crippen molar-refractivity contribution in [2.75, 3.05) is 19.6 Å². The van der Waals surface area contributed by atoms with E-state index in [0.29, 0.717) is 0 Å². The molecule has 0 fully saturated rings. The number of halogens is 2. The Bertz CT molecular complexity index is 598. The maximum atomic E-state index is 13.4. The highest BCUT2D eigenvalue weighted by molar-refractivity contribution is 5.94. The number of nitrogens with one attached hydrogen (secondary N) is 3.